The topological polar surface area (TPSA) is 34.0 Å². The molecule has 0 aliphatic rings. The molecule has 0 fully saturated rings. The van der Waals surface area contributed by atoms with Crippen molar-refractivity contribution in [3.05, 3.63) is 54.1 Å². The highest BCUT2D eigenvalue weighted by Gasteiger charge is 2.11. The van der Waals surface area contributed by atoms with Crippen molar-refractivity contribution in [1.29, 1.82) is 0 Å². The zero-order valence-corrected chi connectivity index (χ0v) is 13.8. The van der Waals surface area contributed by atoms with Gasteiger partial charge in [0.15, 0.2) is 17.4 Å². The Morgan fingerprint density at radius 1 is 0.875 bits per heavy atom. The SMILES string of the molecule is CCCCCCCOc1cc(F)c(N=Nc2ccccc2)cc1F. The molecule has 0 aromatic heterocycles. The van der Waals surface area contributed by atoms with Crippen molar-refractivity contribution >= 4 is 11.4 Å². The minimum atomic E-state index is -0.655. The molecule has 2 aromatic rings. The minimum Gasteiger partial charge on any atom is -0.490 e. The fraction of sp³-hybridized carbons (Fsp3) is 0.368. The molecule has 2 rings (SSSR count). The highest BCUT2D eigenvalue weighted by molar-refractivity contribution is 5.45. The summed E-state index contributed by atoms with van der Waals surface area (Å²) in [6.45, 7) is 2.52. The average Bonchev–Trinajstić information content (AvgIpc) is 2.60. The van der Waals surface area contributed by atoms with Crippen molar-refractivity contribution in [1.82, 2.24) is 0 Å². The Kier molecular flexibility index (Phi) is 7.33. The molecule has 3 nitrogen and oxygen atoms in total. The molecule has 0 aliphatic heterocycles. The Bertz CT molecular complexity index is 660. The van der Waals surface area contributed by atoms with E-state index in [4.69, 9.17) is 4.74 Å². The van der Waals surface area contributed by atoms with Crippen LogP contribution in [0, 0.1) is 11.6 Å². The van der Waals surface area contributed by atoms with Crippen LogP contribution < -0.4 is 4.74 Å². The summed E-state index contributed by atoms with van der Waals surface area (Å²) in [6.07, 6.45) is 5.34. The summed E-state index contributed by atoms with van der Waals surface area (Å²) in [6, 6.07) is 10.9. The number of halogens is 2. The third-order valence-electron chi connectivity index (χ3n) is 3.54. The van der Waals surface area contributed by atoms with Gasteiger partial charge in [-0.2, -0.15) is 5.11 Å². The molecule has 24 heavy (non-hydrogen) atoms. The van der Waals surface area contributed by atoms with E-state index < -0.39 is 11.6 Å². The molecule has 0 radical (unpaired) electrons. The van der Waals surface area contributed by atoms with E-state index in [0.29, 0.717) is 12.3 Å². The van der Waals surface area contributed by atoms with E-state index in [2.05, 4.69) is 17.2 Å². The Morgan fingerprint density at radius 2 is 1.62 bits per heavy atom. The van der Waals surface area contributed by atoms with Crippen molar-refractivity contribution in [2.45, 2.75) is 39.0 Å². The molecular formula is C19H22F2N2O. The van der Waals surface area contributed by atoms with Gasteiger partial charge in [-0.05, 0) is 18.6 Å². The Labute approximate surface area is 141 Å². The highest BCUT2D eigenvalue weighted by atomic mass is 19.1. The first-order valence-corrected chi connectivity index (χ1v) is 8.29. The number of unbranched alkanes of at least 4 members (excludes halogenated alkanes) is 4. The molecule has 0 bridgehead atoms. The number of hydrogen-bond acceptors (Lipinski definition) is 3. The van der Waals surface area contributed by atoms with Crippen LogP contribution in [0.5, 0.6) is 5.75 Å². The molecule has 2 aromatic carbocycles. The summed E-state index contributed by atoms with van der Waals surface area (Å²) < 4.78 is 33.3. The molecule has 0 amide bonds. The second-order valence-electron chi connectivity index (χ2n) is 5.53. The smallest absolute Gasteiger partial charge is 0.167 e. The van der Waals surface area contributed by atoms with Gasteiger partial charge in [0.1, 0.15) is 5.69 Å². The second-order valence-corrected chi connectivity index (χ2v) is 5.53. The van der Waals surface area contributed by atoms with Gasteiger partial charge in [-0.15, -0.1) is 5.11 Å². The first-order chi connectivity index (χ1) is 11.7. The summed E-state index contributed by atoms with van der Waals surface area (Å²) in [5, 5.41) is 7.65. The van der Waals surface area contributed by atoms with Crippen LogP contribution in [0.15, 0.2) is 52.7 Å². The van der Waals surface area contributed by atoms with Crippen molar-refractivity contribution in [3.8, 4) is 5.75 Å². The molecule has 0 aliphatic carbocycles. The molecule has 0 atom stereocenters. The van der Waals surface area contributed by atoms with Gasteiger partial charge in [0, 0.05) is 12.1 Å². The Hall–Kier alpha value is -2.30. The fourth-order valence-electron chi connectivity index (χ4n) is 2.20. The van der Waals surface area contributed by atoms with Crippen LogP contribution in [-0.2, 0) is 0 Å². The number of rotatable bonds is 9. The number of benzene rings is 2. The van der Waals surface area contributed by atoms with Gasteiger partial charge in [0.2, 0.25) is 0 Å². The van der Waals surface area contributed by atoms with Crippen LogP contribution >= 0.6 is 0 Å². The third kappa shape index (κ3) is 5.72. The minimum absolute atomic E-state index is 0.0818. The zero-order chi connectivity index (χ0) is 17.2. The number of azo groups is 1. The van der Waals surface area contributed by atoms with E-state index in [1.54, 1.807) is 24.3 Å². The molecular weight excluding hydrogens is 310 g/mol. The Balaban J connectivity index is 1.94. The summed E-state index contributed by atoms with van der Waals surface area (Å²) in [4.78, 5) is 0. The normalized spacial score (nSPS) is 11.1. The van der Waals surface area contributed by atoms with Gasteiger partial charge in [-0.25, -0.2) is 8.78 Å². The van der Waals surface area contributed by atoms with Gasteiger partial charge in [-0.1, -0.05) is 50.8 Å². The quantitative estimate of drug-likeness (QED) is 0.370. The lowest BCUT2D eigenvalue weighted by Crippen LogP contribution is -2.00. The molecule has 128 valence electrons. The van der Waals surface area contributed by atoms with Crippen LogP contribution in [0.2, 0.25) is 0 Å². The lowest BCUT2D eigenvalue weighted by molar-refractivity contribution is 0.288. The zero-order valence-electron chi connectivity index (χ0n) is 13.8. The van der Waals surface area contributed by atoms with Crippen molar-refractivity contribution < 1.29 is 13.5 Å². The number of ether oxygens (including phenoxy) is 1. The molecule has 0 saturated carbocycles. The molecule has 0 saturated heterocycles. The lowest BCUT2D eigenvalue weighted by Gasteiger charge is -2.08. The largest absolute Gasteiger partial charge is 0.490 e. The van der Waals surface area contributed by atoms with E-state index in [-0.39, 0.29) is 11.4 Å². The average molecular weight is 332 g/mol. The molecule has 0 unspecified atom stereocenters. The lowest BCUT2D eigenvalue weighted by atomic mass is 10.2. The first kappa shape index (κ1) is 18.0. The number of nitrogens with zero attached hydrogens (tertiary/aromatic N) is 2. The van der Waals surface area contributed by atoms with E-state index in [9.17, 15) is 8.78 Å². The second kappa shape index (κ2) is 9.75. The monoisotopic (exact) mass is 332 g/mol. The standard InChI is InChI=1S/C19H22F2N2O/c1-2-3-4-5-9-12-24-19-14-16(20)18(13-17(19)21)23-22-15-10-7-6-8-11-15/h6-8,10-11,13-14H,2-5,9,12H2,1H3. The van der Waals surface area contributed by atoms with E-state index in [1.165, 1.54) is 12.8 Å². The fourth-order valence-corrected chi connectivity index (χ4v) is 2.20. The summed E-state index contributed by atoms with van der Waals surface area (Å²) in [7, 11) is 0. The van der Waals surface area contributed by atoms with Gasteiger partial charge in [0.25, 0.3) is 0 Å². The van der Waals surface area contributed by atoms with Gasteiger partial charge in [0.05, 0.1) is 12.3 Å². The van der Waals surface area contributed by atoms with Crippen molar-refractivity contribution in [2.75, 3.05) is 6.61 Å². The van der Waals surface area contributed by atoms with Crippen LogP contribution in [0.3, 0.4) is 0 Å². The molecule has 5 heteroatoms. The summed E-state index contributed by atoms with van der Waals surface area (Å²) in [5.41, 5.74) is 0.427. The van der Waals surface area contributed by atoms with Gasteiger partial charge >= 0.3 is 0 Å². The molecule has 0 N–H and O–H groups in total. The summed E-state index contributed by atoms with van der Waals surface area (Å²) in [5.74, 6) is -1.37. The summed E-state index contributed by atoms with van der Waals surface area (Å²) >= 11 is 0. The molecule has 0 spiro atoms. The van der Waals surface area contributed by atoms with Crippen molar-refractivity contribution in [2.24, 2.45) is 10.2 Å². The van der Waals surface area contributed by atoms with E-state index in [0.717, 1.165) is 31.4 Å². The van der Waals surface area contributed by atoms with E-state index >= 15 is 0 Å². The maximum Gasteiger partial charge on any atom is 0.167 e. The van der Waals surface area contributed by atoms with Crippen LogP contribution in [0.1, 0.15) is 39.0 Å². The highest BCUT2D eigenvalue weighted by Crippen LogP contribution is 2.28. The first-order valence-electron chi connectivity index (χ1n) is 8.29. The maximum atomic E-state index is 14.0. The van der Waals surface area contributed by atoms with Crippen molar-refractivity contribution in [3.63, 3.8) is 0 Å². The van der Waals surface area contributed by atoms with Gasteiger partial charge < -0.3 is 4.74 Å². The maximum absolute atomic E-state index is 14.0. The van der Waals surface area contributed by atoms with Crippen LogP contribution in [0.4, 0.5) is 20.2 Å². The molecule has 0 heterocycles. The van der Waals surface area contributed by atoms with Gasteiger partial charge in [-0.3, -0.25) is 0 Å². The van der Waals surface area contributed by atoms with E-state index in [1.807, 2.05) is 6.07 Å². The predicted octanol–water partition coefficient (Wildman–Crippen LogP) is 6.73. The Morgan fingerprint density at radius 3 is 2.38 bits per heavy atom. The van der Waals surface area contributed by atoms with Crippen LogP contribution in [-0.4, -0.2) is 6.61 Å². The number of hydrogen-bond donors (Lipinski definition) is 0. The third-order valence-corrected chi connectivity index (χ3v) is 3.54. The van der Waals surface area contributed by atoms with Crippen LogP contribution in [0.25, 0.3) is 0 Å². The predicted molar refractivity (Wildman–Crippen MR) is 91.2 cm³/mol.